The van der Waals surface area contributed by atoms with Crippen LogP contribution in [-0.2, 0) is 17.9 Å². The van der Waals surface area contributed by atoms with Crippen LogP contribution < -0.4 is 4.74 Å². The van der Waals surface area contributed by atoms with Crippen LogP contribution >= 0.6 is 0 Å². The fourth-order valence-electron chi connectivity index (χ4n) is 3.41. The lowest BCUT2D eigenvalue weighted by molar-refractivity contribution is -0.134. The average molecular weight is 350 g/mol. The Labute approximate surface area is 155 Å². The molecule has 4 nitrogen and oxygen atoms in total. The van der Waals surface area contributed by atoms with Crippen molar-refractivity contribution in [3.63, 3.8) is 0 Å². The van der Waals surface area contributed by atoms with Gasteiger partial charge < -0.3 is 9.64 Å². The minimum Gasteiger partial charge on any atom is -0.489 e. The van der Waals surface area contributed by atoms with E-state index in [1.807, 2.05) is 30.3 Å². The van der Waals surface area contributed by atoms with Crippen LogP contribution in [0, 0.1) is 5.92 Å². The molecule has 2 aromatic rings. The number of hydrogen-bond donors (Lipinski definition) is 0. The summed E-state index contributed by atoms with van der Waals surface area (Å²) in [6, 6.07) is 18.6. The summed E-state index contributed by atoms with van der Waals surface area (Å²) < 4.78 is 5.85. The predicted molar refractivity (Wildman–Crippen MR) is 102 cm³/mol. The Kier molecular flexibility index (Phi) is 5.21. The first-order chi connectivity index (χ1) is 12.8. The van der Waals surface area contributed by atoms with Crippen molar-refractivity contribution in [2.75, 3.05) is 26.2 Å². The van der Waals surface area contributed by atoms with Gasteiger partial charge in [-0.1, -0.05) is 42.5 Å². The van der Waals surface area contributed by atoms with Crippen LogP contribution in [0.5, 0.6) is 5.75 Å². The van der Waals surface area contributed by atoms with Gasteiger partial charge in [-0.3, -0.25) is 9.69 Å². The third-order valence-electron chi connectivity index (χ3n) is 5.19. The van der Waals surface area contributed by atoms with E-state index in [1.165, 1.54) is 11.1 Å². The summed E-state index contributed by atoms with van der Waals surface area (Å²) >= 11 is 0. The first-order valence-corrected chi connectivity index (χ1v) is 9.55. The molecule has 0 N–H and O–H groups in total. The van der Waals surface area contributed by atoms with Crippen molar-refractivity contribution in [3.8, 4) is 5.75 Å². The SMILES string of the molecule is O=C(C1CC1)N1CCN(Cc2ccc(OCc3ccccc3)cc2)CC1. The van der Waals surface area contributed by atoms with Gasteiger partial charge in [0.2, 0.25) is 5.91 Å². The van der Waals surface area contributed by atoms with E-state index in [9.17, 15) is 4.79 Å². The molecule has 2 aliphatic rings. The zero-order valence-electron chi connectivity index (χ0n) is 15.1. The van der Waals surface area contributed by atoms with Crippen molar-refractivity contribution >= 4 is 5.91 Å². The molecule has 0 unspecified atom stereocenters. The number of rotatable bonds is 6. The van der Waals surface area contributed by atoms with Gasteiger partial charge in [0.15, 0.2) is 0 Å². The van der Waals surface area contributed by atoms with Gasteiger partial charge in [0.1, 0.15) is 12.4 Å². The Bertz CT molecular complexity index is 718. The quantitative estimate of drug-likeness (QED) is 0.801. The number of piperazine rings is 1. The van der Waals surface area contributed by atoms with Gasteiger partial charge in [-0.2, -0.15) is 0 Å². The van der Waals surface area contributed by atoms with Gasteiger partial charge in [0.25, 0.3) is 0 Å². The molecular formula is C22H26N2O2. The number of hydrogen-bond acceptors (Lipinski definition) is 3. The van der Waals surface area contributed by atoms with Gasteiger partial charge in [-0.15, -0.1) is 0 Å². The summed E-state index contributed by atoms with van der Waals surface area (Å²) in [6.45, 7) is 5.19. The molecule has 1 saturated carbocycles. The van der Waals surface area contributed by atoms with Crippen LogP contribution in [0.15, 0.2) is 54.6 Å². The minimum atomic E-state index is 0.338. The standard InChI is InChI=1S/C22H26N2O2/c25-22(20-8-9-20)24-14-12-23(13-15-24)16-18-6-10-21(11-7-18)26-17-19-4-2-1-3-5-19/h1-7,10-11,20H,8-9,12-17H2. The highest BCUT2D eigenvalue weighted by Gasteiger charge is 2.34. The van der Waals surface area contributed by atoms with E-state index in [0.717, 1.165) is 51.3 Å². The first kappa shape index (κ1) is 17.1. The largest absolute Gasteiger partial charge is 0.489 e. The van der Waals surface area contributed by atoms with Gasteiger partial charge in [-0.25, -0.2) is 0 Å². The predicted octanol–water partition coefficient (Wildman–Crippen LogP) is 3.32. The molecule has 1 heterocycles. The van der Waals surface area contributed by atoms with Crippen LogP contribution in [0.25, 0.3) is 0 Å². The van der Waals surface area contributed by atoms with Crippen LogP contribution in [0.2, 0.25) is 0 Å². The van der Waals surface area contributed by atoms with Crippen molar-refractivity contribution in [1.82, 2.24) is 9.80 Å². The highest BCUT2D eigenvalue weighted by atomic mass is 16.5. The van der Waals surface area contributed by atoms with E-state index in [2.05, 4.69) is 34.1 Å². The van der Waals surface area contributed by atoms with Gasteiger partial charge >= 0.3 is 0 Å². The van der Waals surface area contributed by atoms with E-state index in [0.29, 0.717) is 18.4 Å². The lowest BCUT2D eigenvalue weighted by Gasteiger charge is -2.35. The molecule has 2 fully saturated rings. The summed E-state index contributed by atoms with van der Waals surface area (Å²) in [5, 5.41) is 0. The summed E-state index contributed by atoms with van der Waals surface area (Å²) in [4.78, 5) is 16.6. The van der Waals surface area contributed by atoms with E-state index in [1.54, 1.807) is 0 Å². The zero-order chi connectivity index (χ0) is 17.8. The maximum absolute atomic E-state index is 12.1. The third kappa shape index (κ3) is 4.44. The second kappa shape index (κ2) is 7.92. The Morgan fingerprint density at radius 2 is 1.58 bits per heavy atom. The zero-order valence-corrected chi connectivity index (χ0v) is 15.1. The van der Waals surface area contributed by atoms with Crippen molar-refractivity contribution < 1.29 is 9.53 Å². The van der Waals surface area contributed by atoms with E-state index in [-0.39, 0.29) is 0 Å². The molecule has 0 aromatic heterocycles. The molecule has 4 heteroatoms. The third-order valence-corrected chi connectivity index (χ3v) is 5.19. The molecule has 0 spiro atoms. The maximum Gasteiger partial charge on any atom is 0.225 e. The molecule has 1 amide bonds. The Balaban J connectivity index is 1.23. The van der Waals surface area contributed by atoms with Crippen molar-refractivity contribution in [1.29, 1.82) is 0 Å². The fourth-order valence-corrected chi connectivity index (χ4v) is 3.41. The molecule has 4 rings (SSSR count). The van der Waals surface area contributed by atoms with Crippen LogP contribution in [-0.4, -0.2) is 41.9 Å². The summed E-state index contributed by atoms with van der Waals surface area (Å²) in [6.07, 6.45) is 2.19. The van der Waals surface area contributed by atoms with E-state index in [4.69, 9.17) is 4.74 Å². The van der Waals surface area contributed by atoms with Crippen LogP contribution in [0.1, 0.15) is 24.0 Å². The number of nitrogens with zero attached hydrogens (tertiary/aromatic N) is 2. The molecule has 2 aromatic carbocycles. The molecule has 0 bridgehead atoms. The van der Waals surface area contributed by atoms with E-state index < -0.39 is 0 Å². The second-order valence-electron chi connectivity index (χ2n) is 7.29. The molecule has 1 aliphatic heterocycles. The molecule has 26 heavy (non-hydrogen) atoms. The lowest BCUT2D eigenvalue weighted by atomic mass is 10.2. The monoisotopic (exact) mass is 350 g/mol. The normalized spacial score (nSPS) is 17.9. The average Bonchev–Trinajstić information content (AvgIpc) is 3.54. The van der Waals surface area contributed by atoms with Crippen LogP contribution in [0.4, 0.5) is 0 Å². The molecule has 0 radical (unpaired) electrons. The summed E-state index contributed by atoms with van der Waals surface area (Å²) in [5.74, 6) is 1.62. The van der Waals surface area contributed by atoms with Crippen molar-refractivity contribution in [2.45, 2.75) is 26.0 Å². The summed E-state index contributed by atoms with van der Waals surface area (Å²) in [7, 11) is 0. The molecule has 1 saturated heterocycles. The molecular weight excluding hydrogens is 324 g/mol. The number of ether oxygens (including phenoxy) is 1. The van der Waals surface area contributed by atoms with Gasteiger partial charge in [0, 0.05) is 38.6 Å². The molecule has 136 valence electrons. The smallest absolute Gasteiger partial charge is 0.225 e. The number of carbonyl (C=O) groups excluding carboxylic acids is 1. The highest BCUT2D eigenvalue weighted by molar-refractivity contribution is 5.81. The second-order valence-corrected chi connectivity index (χ2v) is 7.29. The first-order valence-electron chi connectivity index (χ1n) is 9.55. The summed E-state index contributed by atoms with van der Waals surface area (Å²) in [5.41, 5.74) is 2.47. The number of carbonyl (C=O) groups is 1. The van der Waals surface area contributed by atoms with Crippen molar-refractivity contribution in [3.05, 3.63) is 65.7 Å². The van der Waals surface area contributed by atoms with Crippen LogP contribution in [0.3, 0.4) is 0 Å². The van der Waals surface area contributed by atoms with E-state index >= 15 is 0 Å². The van der Waals surface area contributed by atoms with Gasteiger partial charge in [-0.05, 0) is 36.1 Å². The maximum atomic E-state index is 12.1. The highest BCUT2D eigenvalue weighted by Crippen LogP contribution is 2.31. The molecule has 0 atom stereocenters. The van der Waals surface area contributed by atoms with Crippen molar-refractivity contribution in [2.24, 2.45) is 5.92 Å². The Hall–Kier alpha value is -2.33. The van der Waals surface area contributed by atoms with Gasteiger partial charge in [0.05, 0.1) is 0 Å². The minimum absolute atomic E-state index is 0.338. The molecule has 1 aliphatic carbocycles. The number of benzene rings is 2. The number of amides is 1. The topological polar surface area (TPSA) is 32.8 Å². The Morgan fingerprint density at radius 1 is 0.885 bits per heavy atom. The lowest BCUT2D eigenvalue weighted by Crippen LogP contribution is -2.48. The fraction of sp³-hybridized carbons (Fsp3) is 0.409. The Morgan fingerprint density at radius 3 is 2.23 bits per heavy atom.